The Morgan fingerprint density at radius 1 is 0.886 bits per heavy atom. The Labute approximate surface area is 207 Å². The summed E-state index contributed by atoms with van der Waals surface area (Å²) in [5, 5.41) is 0.554. The van der Waals surface area contributed by atoms with Gasteiger partial charge in [-0.15, -0.1) is 0 Å². The summed E-state index contributed by atoms with van der Waals surface area (Å²) in [6, 6.07) is 19.5. The van der Waals surface area contributed by atoms with Gasteiger partial charge in [0.2, 0.25) is 5.75 Å². The number of methoxy groups -OCH3 is 3. The predicted molar refractivity (Wildman–Crippen MR) is 136 cm³/mol. The standard InChI is InChI=1S/C27H23ClN2O5/c1-33-23-15-18(16-24(34-2)26(23)35-3)9-14-25(31)30-22(19-10-12-20(28)13-11-19)17-29(27(30)32)21-7-5-4-6-8-21/h4-17H,1-3H3/b14-9+. The smallest absolute Gasteiger partial charge is 0.340 e. The molecule has 0 unspecified atom stereocenters. The van der Waals surface area contributed by atoms with E-state index >= 15 is 0 Å². The van der Waals surface area contributed by atoms with Crippen molar-refractivity contribution in [2.45, 2.75) is 0 Å². The van der Waals surface area contributed by atoms with Gasteiger partial charge in [0.15, 0.2) is 11.5 Å². The van der Waals surface area contributed by atoms with Crippen LogP contribution in [0, 0.1) is 0 Å². The van der Waals surface area contributed by atoms with Gasteiger partial charge in [-0.25, -0.2) is 9.36 Å². The van der Waals surface area contributed by atoms with Crippen molar-refractivity contribution in [3.05, 3.63) is 100 Å². The van der Waals surface area contributed by atoms with E-state index in [4.69, 9.17) is 25.8 Å². The molecule has 4 aromatic rings. The zero-order valence-corrected chi connectivity index (χ0v) is 20.2. The number of ether oxygens (including phenoxy) is 3. The van der Waals surface area contributed by atoms with Crippen LogP contribution in [0.2, 0.25) is 5.02 Å². The molecule has 0 aliphatic heterocycles. The van der Waals surface area contributed by atoms with E-state index in [9.17, 15) is 9.59 Å². The molecule has 0 aliphatic carbocycles. The lowest BCUT2D eigenvalue weighted by atomic mass is 10.1. The summed E-state index contributed by atoms with van der Waals surface area (Å²) >= 11 is 6.04. The second kappa shape index (κ2) is 10.4. The van der Waals surface area contributed by atoms with E-state index in [2.05, 4.69) is 0 Å². The molecule has 3 aromatic carbocycles. The molecular formula is C27H23ClN2O5. The maximum absolute atomic E-state index is 13.4. The zero-order valence-electron chi connectivity index (χ0n) is 19.4. The number of hydrogen-bond acceptors (Lipinski definition) is 5. The molecular weight excluding hydrogens is 468 g/mol. The van der Waals surface area contributed by atoms with Gasteiger partial charge in [0, 0.05) is 22.9 Å². The van der Waals surface area contributed by atoms with Crippen molar-refractivity contribution in [3.63, 3.8) is 0 Å². The van der Waals surface area contributed by atoms with Crippen molar-refractivity contribution < 1.29 is 19.0 Å². The van der Waals surface area contributed by atoms with E-state index in [0.29, 0.717) is 44.8 Å². The Kier molecular flexibility index (Phi) is 7.08. The molecule has 0 N–H and O–H groups in total. The minimum absolute atomic E-state index is 0.440. The zero-order chi connectivity index (χ0) is 24.9. The summed E-state index contributed by atoms with van der Waals surface area (Å²) in [6.07, 6.45) is 4.56. The molecule has 0 bridgehead atoms. The van der Waals surface area contributed by atoms with Crippen LogP contribution in [0.4, 0.5) is 0 Å². The van der Waals surface area contributed by atoms with Crippen molar-refractivity contribution in [2.75, 3.05) is 21.3 Å². The number of nitrogens with zero attached hydrogens (tertiary/aromatic N) is 2. The van der Waals surface area contributed by atoms with Crippen LogP contribution in [-0.2, 0) is 0 Å². The molecule has 0 radical (unpaired) electrons. The molecule has 4 rings (SSSR count). The molecule has 0 aliphatic rings. The monoisotopic (exact) mass is 490 g/mol. The summed E-state index contributed by atoms with van der Waals surface area (Å²) in [4.78, 5) is 26.7. The van der Waals surface area contributed by atoms with Crippen molar-refractivity contribution in [1.82, 2.24) is 9.13 Å². The molecule has 0 fully saturated rings. The van der Waals surface area contributed by atoms with Gasteiger partial charge in [0.25, 0.3) is 5.91 Å². The van der Waals surface area contributed by atoms with E-state index < -0.39 is 11.6 Å². The first-order valence-electron chi connectivity index (χ1n) is 10.6. The minimum atomic E-state index is -0.511. The summed E-state index contributed by atoms with van der Waals surface area (Å²) in [7, 11) is 4.54. The Morgan fingerprint density at radius 3 is 2.09 bits per heavy atom. The number of carbonyl (C=O) groups excluding carboxylic acids is 1. The van der Waals surface area contributed by atoms with Crippen LogP contribution >= 0.6 is 11.6 Å². The van der Waals surface area contributed by atoms with Crippen LogP contribution in [-0.4, -0.2) is 36.4 Å². The van der Waals surface area contributed by atoms with Crippen molar-refractivity contribution >= 4 is 23.6 Å². The lowest BCUT2D eigenvalue weighted by Crippen LogP contribution is -2.27. The normalized spacial score (nSPS) is 11.0. The molecule has 0 saturated heterocycles. The van der Waals surface area contributed by atoms with Crippen LogP contribution in [0.5, 0.6) is 17.2 Å². The molecule has 178 valence electrons. The maximum Gasteiger partial charge on any atom is 0.340 e. The van der Waals surface area contributed by atoms with Gasteiger partial charge in [-0.2, -0.15) is 0 Å². The molecule has 0 spiro atoms. The third-order valence-corrected chi connectivity index (χ3v) is 5.64. The number of allylic oxidation sites excluding steroid dienone is 1. The van der Waals surface area contributed by atoms with Crippen molar-refractivity contribution in [2.24, 2.45) is 0 Å². The Morgan fingerprint density at radius 2 is 1.51 bits per heavy atom. The third kappa shape index (κ3) is 4.85. The maximum atomic E-state index is 13.4. The lowest BCUT2D eigenvalue weighted by Gasteiger charge is -2.12. The summed E-state index contributed by atoms with van der Waals surface area (Å²) < 4.78 is 18.7. The second-order valence-corrected chi connectivity index (χ2v) is 7.91. The van der Waals surface area contributed by atoms with Crippen LogP contribution in [0.1, 0.15) is 10.4 Å². The van der Waals surface area contributed by atoms with E-state index in [1.54, 1.807) is 60.8 Å². The average Bonchev–Trinajstić information content (AvgIpc) is 3.24. The van der Waals surface area contributed by atoms with E-state index in [-0.39, 0.29) is 0 Å². The average molecular weight is 491 g/mol. The number of carbonyl (C=O) groups is 1. The van der Waals surface area contributed by atoms with Gasteiger partial charge in [-0.1, -0.05) is 41.9 Å². The molecule has 0 atom stereocenters. The van der Waals surface area contributed by atoms with Crippen molar-refractivity contribution in [1.29, 1.82) is 0 Å². The fourth-order valence-corrected chi connectivity index (χ4v) is 3.82. The van der Waals surface area contributed by atoms with Gasteiger partial charge < -0.3 is 14.2 Å². The first-order valence-corrected chi connectivity index (χ1v) is 11.0. The highest BCUT2D eigenvalue weighted by Gasteiger charge is 2.19. The predicted octanol–water partition coefficient (Wildman–Crippen LogP) is 5.34. The van der Waals surface area contributed by atoms with Gasteiger partial charge in [0.1, 0.15) is 0 Å². The van der Waals surface area contributed by atoms with Gasteiger partial charge in [-0.3, -0.25) is 9.36 Å². The largest absolute Gasteiger partial charge is 0.493 e. The fourth-order valence-electron chi connectivity index (χ4n) is 3.70. The Balaban J connectivity index is 1.80. The van der Waals surface area contributed by atoms with E-state index in [1.807, 2.05) is 18.2 Å². The van der Waals surface area contributed by atoms with E-state index in [1.165, 1.54) is 32.0 Å². The molecule has 7 nitrogen and oxygen atoms in total. The number of halogens is 1. The number of imidazole rings is 1. The van der Waals surface area contributed by atoms with Crippen molar-refractivity contribution in [3.8, 4) is 34.2 Å². The first kappa shape index (κ1) is 23.9. The fraction of sp³-hybridized carbons (Fsp3) is 0.111. The Hall–Kier alpha value is -4.23. The van der Waals surface area contributed by atoms with E-state index in [0.717, 1.165) is 4.57 Å². The number of para-hydroxylation sites is 1. The van der Waals surface area contributed by atoms with Crippen LogP contribution in [0.25, 0.3) is 23.0 Å². The lowest BCUT2D eigenvalue weighted by molar-refractivity contribution is 0.0967. The molecule has 1 aromatic heterocycles. The van der Waals surface area contributed by atoms with Crippen LogP contribution in [0.15, 0.2) is 83.8 Å². The molecule has 1 heterocycles. The third-order valence-electron chi connectivity index (χ3n) is 5.39. The minimum Gasteiger partial charge on any atom is -0.493 e. The van der Waals surface area contributed by atoms with Gasteiger partial charge >= 0.3 is 5.69 Å². The van der Waals surface area contributed by atoms with Gasteiger partial charge in [0.05, 0.1) is 32.7 Å². The molecule has 0 saturated carbocycles. The second-order valence-electron chi connectivity index (χ2n) is 7.48. The van der Waals surface area contributed by atoms with Crippen LogP contribution in [0.3, 0.4) is 0 Å². The molecule has 35 heavy (non-hydrogen) atoms. The summed E-state index contributed by atoms with van der Waals surface area (Å²) in [6.45, 7) is 0. The highest BCUT2D eigenvalue weighted by Crippen LogP contribution is 2.38. The SMILES string of the molecule is COc1cc(/C=C/C(=O)n2c(-c3ccc(Cl)cc3)cn(-c3ccccc3)c2=O)cc(OC)c1OC. The summed E-state index contributed by atoms with van der Waals surface area (Å²) in [5.74, 6) is 0.837. The Bertz CT molecular complexity index is 1410. The number of aromatic nitrogens is 2. The van der Waals surface area contributed by atoms with Gasteiger partial charge in [-0.05, 0) is 48.0 Å². The first-order chi connectivity index (χ1) is 17.0. The topological polar surface area (TPSA) is 71.7 Å². The highest BCUT2D eigenvalue weighted by atomic mass is 35.5. The van der Waals surface area contributed by atoms with Crippen LogP contribution < -0.4 is 19.9 Å². The summed E-state index contributed by atoms with van der Waals surface area (Å²) in [5.41, 5.74) is 1.91. The molecule has 8 heteroatoms. The number of benzene rings is 3. The number of hydrogen-bond donors (Lipinski definition) is 0. The quantitative estimate of drug-likeness (QED) is 0.327. The highest BCUT2D eigenvalue weighted by molar-refractivity contribution is 6.30. The molecule has 0 amide bonds. The number of rotatable bonds is 7.